The lowest BCUT2D eigenvalue weighted by Gasteiger charge is -1.90. The van der Waals surface area contributed by atoms with Crippen molar-refractivity contribution < 1.29 is 0 Å². The molecule has 0 radical (unpaired) electrons. The minimum atomic E-state index is 0.630. The fourth-order valence-corrected chi connectivity index (χ4v) is 0.447. The fourth-order valence-electron chi connectivity index (χ4n) is 0.447. The van der Waals surface area contributed by atoms with E-state index in [1.807, 2.05) is 0 Å². The molecule has 0 amide bonds. The summed E-state index contributed by atoms with van der Waals surface area (Å²) in [4.78, 5) is 0. The first-order valence-electron chi connectivity index (χ1n) is 2.68. The summed E-state index contributed by atoms with van der Waals surface area (Å²) in [6.45, 7) is 5.26. The molecule has 0 heterocycles. The van der Waals surface area contributed by atoms with Crippen LogP contribution in [-0.2, 0) is 0 Å². The van der Waals surface area contributed by atoms with Crippen LogP contribution in [0.2, 0.25) is 0 Å². The molecule has 50 valence electrons. The van der Waals surface area contributed by atoms with Crippen LogP contribution in [0.1, 0.15) is 6.92 Å². The molecule has 0 aromatic rings. The Balaban J connectivity index is 4.05. The number of allylic oxidation sites excluding steroid dienone is 4. The topological polar surface area (TPSA) is 52.0 Å². The Kier molecular flexibility index (Phi) is 3.28. The van der Waals surface area contributed by atoms with Gasteiger partial charge in [0.25, 0.3) is 0 Å². The van der Waals surface area contributed by atoms with Crippen LogP contribution in [0, 0.1) is 0 Å². The van der Waals surface area contributed by atoms with E-state index >= 15 is 0 Å². The largest absolute Gasteiger partial charge is 0.402 e. The fraction of sp³-hybridized carbons (Fsp3) is 0.143. The van der Waals surface area contributed by atoms with Gasteiger partial charge in [-0.05, 0) is 19.1 Å². The molecule has 0 bridgehead atoms. The van der Waals surface area contributed by atoms with Gasteiger partial charge in [-0.2, -0.15) is 0 Å². The molecular weight excluding hydrogens is 112 g/mol. The molecule has 9 heavy (non-hydrogen) atoms. The lowest BCUT2D eigenvalue weighted by molar-refractivity contribution is 1.27. The lowest BCUT2D eigenvalue weighted by atomic mass is 10.3. The van der Waals surface area contributed by atoms with Gasteiger partial charge < -0.3 is 11.5 Å². The zero-order valence-corrected chi connectivity index (χ0v) is 5.59. The van der Waals surface area contributed by atoms with Crippen molar-refractivity contribution in [1.82, 2.24) is 0 Å². The first kappa shape index (κ1) is 7.82. The van der Waals surface area contributed by atoms with Crippen molar-refractivity contribution >= 4 is 0 Å². The molecule has 0 rings (SSSR count). The molecule has 2 nitrogen and oxygen atoms in total. The highest BCUT2D eigenvalue weighted by atomic mass is 14.6. The Morgan fingerprint density at radius 2 is 2.00 bits per heavy atom. The molecule has 0 aromatic heterocycles. The van der Waals surface area contributed by atoms with Crippen molar-refractivity contribution in [3.05, 3.63) is 36.2 Å². The second kappa shape index (κ2) is 3.78. The maximum atomic E-state index is 5.42. The van der Waals surface area contributed by atoms with E-state index in [0.717, 1.165) is 0 Å². The monoisotopic (exact) mass is 124 g/mol. The summed E-state index contributed by atoms with van der Waals surface area (Å²) in [6.07, 6.45) is 4.99. The third-order valence-corrected chi connectivity index (χ3v) is 0.705. The minimum absolute atomic E-state index is 0.630. The summed E-state index contributed by atoms with van der Waals surface area (Å²) in [5.74, 6) is 0. The second-order valence-electron chi connectivity index (χ2n) is 1.79. The Morgan fingerprint density at radius 3 is 2.33 bits per heavy atom. The molecule has 0 saturated heterocycles. The number of hydrogen-bond donors (Lipinski definition) is 2. The van der Waals surface area contributed by atoms with Crippen LogP contribution in [0.15, 0.2) is 36.2 Å². The van der Waals surface area contributed by atoms with Gasteiger partial charge in [-0.3, -0.25) is 0 Å². The molecule has 0 aliphatic heterocycles. The van der Waals surface area contributed by atoms with E-state index in [9.17, 15) is 0 Å². The molecule has 0 spiro atoms. The summed E-state index contributed by atoms with van der Waals surface area (Å²) < 4.78 is 0. The molecule has 0 saturated carbocycles. The summed E-state index contributed by atoms with van der Waals surface area (Å²) in [5.41, 5.74) is 12.1. The average molecular weight is 124 g/mol. The zero-order chi connectivity index (χ0) is 7.28. The molecule has 0 aliphatic carbocycles. The van der Waals surface area contributed by atoms with Gasteiger partial charge in [-0.15, -0.1) is 0 Å². The van der Waals surface area contributed by atoms with Gasteiger partial charge in [0.15, 0.2) is 0 Å². The quantitative estimate of drug-likeness (QED) is 0.537. The van der Waals surface area contributed by atoms with Crippen LogP contribution >= 0.6 is 0 Å². The summed E-state index contributed by atoms with van der Waals surface area (Å²) in [6, 6.07) is 0. The van der Waals surface area contributed by atoms with Gasteiger partial charge in [-0.1, -0.05) is 12.7 Å². The number of nitrogens with two attached hydrogens (primary N) is 2. The maximum Gasteiger partial charge on any atom is 0.0330 e. The third kappa shape index (κ3) is 4.68. The molecular formula is C7H12N2. The van der Waals surface area contributed by atoms with E-state index in [0.29, 0.717) is 11.4 Å². The van der Waals surface area contributed by atoms with Gasteiger partial charge in [0.1, 0.15) is 0 Å². The second-order valence-corrected chi connectivity index (χ2v) is 1.79. The molecule has 0 fully saturated rings. The van der Waals surface area contributed by atoms with Crippen LogP contribution < -0.4 is 11.5 Å². The van der Waals surface area contributed by atoms with E-state index in [-0.39, 0.29) is 0 Å². The standard InChI is InChI=1S/C7H12N2/c1-3-4-7(9)5-6(2)8/h3-5H,1,8-9H2,2H3/b6-5+,7-4+. The third-order valence-electron chi connectivity index (χ3n) is 0.705. The summed E-state index contributed by atoms with van der Waals surface area (Å²) >= 11 is 0. The summed E-state index contributed by atoms with van der Waals surface area (Å²) in [5, 5.41) is 0. The Bertz CT molecular complexity index is 150. The van der Waals surface area contributed by atoms with Gasteiger partial charge in [0.2, 0.25) is 0 Å². The van der Waals surface area contributed by atoms with Crippen molar-refractivity contribution in [3.63, 3.8) is 0 Å². The van der Waals surface area contributed by atoms with Crippen LogP contribution in [0.25, 0.3) is 0 Å². The van der Waals surface area contributed by atoms with Crippen molar-refractivity contribution in [3.8, 4) is 0 Å². The van der Waals surface area contributed by atoms with Crippen molar-refractivity contribution in [2.75, 3.05) is 0 Å². The highest BCUT2D eigenvalue weighted by Gasteiger charge is 1.79. The number of rotatable bonds is 2. The van der Waals surface area contributed by atoms with Crippen LogP contribution in [0.5, 0.6) is 0 Å². The zero-order valence-electron chi connectivity index (χ0n) is 5.59. The Morgan fingerprint density at radius 1 is 1.44 bits per heavy atom. The van der Waals surface area contributed by atoms with E-state index in [1.54, 1.807) is 25.2 Å². The minimum Gasteiger partial charge on any atom is -0.402 e. The van der Waals surface area contributed by atoms with E-state index in [2.05, 4.69) is 6.58 Å². The van der Waals surface area contributed by atoms with Crippen molar-refractivity contribution in [2.24, 2.45) is 11.5 Å². The normalized spacial score (nSPS) is 13.4. The maximum absolute atomic E-state index is 5.42. The van der Waals surface area contributed by atoms with E-state index < -0.39 is 0 Å². The van der Waals surface area contributed by atoms with Gasteiger partial charge in [-0.25, -0.2) is 0 Å². The first-order chi connectivity index (χ1) is 4.16. The average Bonchev–Trinajstić information content (AvgIpc) is 1.63. The van der Waals surface area contributed by atoms with Crippen molar-refractivity contribution in [2.45, 2.75) is 6.92 Å². The van der Waals surface area contributed by atoms with Crippen LogP contribution in [0.4, 0.5) is 0 Å². The molecule has 2 heteroatoms. The molecule has 0 atom stereocenters. The van der Waals surface area contributed by atoms with Crippen LogP contribution in [0.3, 0.4) is 0 Å². The first-order valence-corrected chi connectivity index (χ1v) is 2.68. The lowest BCUT2D eigenvalue weighted by Crippen LogP contribution is -1.97. The summed E-state index contributed by atoms with van der Waals surface area (Å²) in [7, 11) is 0. The van der Waals surface area contributed by atoms with E-state index in [4.69, 9.17) is 11.5 Å². The molecule has 0 aromatic carbocycles. The highest BCUT2D eigenvalue weighted by Crippen LogP contribution is 1.89. The molecule has 0 aliphatic rings. The smallest absolute Gasteiger partial charge is 0.0330 e. The molecule has 0 unspecified atom stereocenters. The predicted octanol–water partition coefficient (Wildman–Crippen LogP) is 0.878. The number of hydrogen-bond acceptors (Lipinski definition) is 2. The van der Waals surface area contributed by atoms with Gasteiger partial charge >= 0.3 is 0 Å². The Hall–Kier alpha value is -1.18. The van der Waals surface area contributed by atoms with E-state index in [1.165, 1.54) is 0 Å². The molecule has 4 N–H and O–H groups in total. The van der Waals surface area contributed by atoms with Crippen LogP contribution in [-0.4, -0.2) is 0 Å². The predicted molar refractivity (Wildman–Crippen MR) is 40.4 cm³/mol. The van der Waals surface area contributed by atoms with Crippen molar-refractivity contribution in [1.29, 1.82) is 0 Å². The van der Waals surface area contributed by atoms with Gasteiger partial charge in [0.05, 0.1) is 0 Å². The van der Waals surface area contributed by atoms with Gasteiger partial charge in [0, 0.05) is 11.4 Å². The Labute approximate surface area is 55.5 Å². The SMILES string of the molecule is C=C/C=C(N)\C=C(/C)N. The highest BCUT2D eigenvalue weighted by molar-refractivity contribution is 5.21.